The maximum Gasteiger partial charge on any atom is 0.0717 e. The van der Waals surface area contributed by atoms with Gasteiger partial charge in [0.05, 0.1) is 19.3 Å². The molecule has 0 aliphatic heterocycles. The molecule has 0 amide bonds. The summed E-state index contributed by atoms with van der Waals surface area (Å²) in [6, 6.07) is 19.5. The molecular formula is C22H27NO. The van der Waals surface area contributed by atoms with Crippen LogP contribution in [0.25, 0.3) is 10.9 Å². The van der Waals surface area contributed by atoms with Crippen molar-refractivity contribution in [1.82, 2.24) is 4.57 Å². The minimum atomic E-state index is 0.367. The third-order valence-corrected chi connectivity index (χ3v) is 4.68. The zero-order chi connectivity index (χ0) is 16.9. The lowest BCUT2D eigenvalue weighted by molar-refractivity contribution is 0.0898. The first-order valence-electron chi connectivity index (χ1n) is 8.91. The summed E-state index contributed by atoms with van der Waals surface area (Å²) < 4.78 is 8.44. The predicted octanol–water partition coefficient (Wildman–Crippen LogP) is 5.93. The van der Waals surface area contributed by atoms with Gasteiger partial charge in [-0.15, -0.1) is 0 Å². The molecule has 3 rings (SSSR count). The predicted molar refractivity (Wildman–Crippen MR) is 101 cm³/mol. The topological polar surface area (TPSA) is 14.2 Å². The van der Waals surface area contributed by atoms with Gasteiger partial charge < -0.3 is 9.30 Å². The van der Waals surface area contributed by atoms with Gasteiger partial charge in [0.1, 0.15) is 0 Å². The molecule has 1 heterocycles. The van der Waals surface area contributed by atoms with E-state index in [0.717, 1.165) is 13.0 Å². The van der Waals surface area contributed by atoms with Crippen LogP contribution in [0.1, 0.15) is 50.3 Å². The van der Waals surface area contributed by atoms with E-state index >= 15 is 0 Å². The first-order chi connectivity index (χ1) is 11.7. The van der Waals surface area contributed by atoms with Crippen LogP contribution in [-0.2, 0) is 11.3 Å². The van der Waals surface area contributed by atoms with E-state index in [0.29, 0.717) is 18.6 Å². The van der Waals surface area contributed by atoms with Crippen LogP contribution in [0.5, 0.6) is 0 Å². The Labute approximate surface area is 145 Å². The summed E-state index contributed by atoms with van der Waals surface area (Å²) in [6.07, 6.45) is 3.39. The Bertz CT molecular complexity index is 773. The molecule has 0 fully saturated rings. The van der Waals surface area contributed by atoms with E-state index in [-0.39, 0.29) is 0 Å². The van der Waals surface area contributed by atoms with Crippen LogP contribution in [0.3, 0.4) is 0 Å². The van der Waals surface area contributed by atoms with Crippen LogP contribution < -0.4 is 0 Å². The van der Waals surface area contributed by atoms with Gasteiger partial charge in [-0.25, -0.2) is 0 Å². The van der Waals surface area contributed by atoms with Crippen molar-refractivity contribution in [3.05, 3.63) is 71.9 Å². The molecule has 1 aromatic heterocycles. The Morgan fingerprint density at radius 2 is 1.67 bits per heavy atom. The highest BCUT2D eigenvalue weighted by atomic mass is 16.5. The van der Waals surface area contributed by atoms with Crippen LogP contribution in [0.15, 0.2) is 60.8 Å². The van der Waals surface area contributed by atoms with Crippen molar-refractivity contribution in [3.63, 3.8) is 0 Å². The van der Waals surface area contributed by atoms with Crippen LogP contribution in [0.2, 0.25) is 0 Å². The zero-order valence-corrected chi connectivity index (χ0v) is 14.9. The summed E-state index contributed by atoms with van der Waals surface area (Å²) in [5.41, 5.74) is 3.97. The van der Waals surface area contributed by atoms with Crippen LogP contribution in [0, 0.1) is 0 Å². The van der Waals surface area contributed by atoms with E-state index in [4.69, 9.17) is 4.74 Å². The van der Waals surface area contributed by atoms with E-state index in [9.17, 15) is 0 Å². The first-order valence-corrected chi connectivity index (χ1v) is 8.91. The van der Waals surface area contributed by atoms with Crippen molar-refractivity contribution in [2.75, 3.05) is 6.61 Å². The molecule has 1 unspecified atom stereocenters. The van der Waals surface area contributed by atoms with Crippen LogP contribution in [0.4, 0.5) is 0 Å². The fourth-order valence-corrected chi connectivity index (χ4v) is 3.28. The second-order valence-corrected chi connectivity index (χ2v) is 6.73. The Balaban J connectivity index is 1.79. The van der Waals surface area contributed by atoms with E-state index in [1.54, 1.807) is 0 Å². The third kappa shape index (κ3) is 3.54. The molecular weight excluding hydrogens is 294 g/mol. The van der Waals surface area contributed by atoms with Gasteiger partial charge in [-0.3, -0.25) is 0 Å². The number of hydrogen-bond donors (Lipinski definition) is 0. The van der Waals surface area contributed by atoms with Crippen LogP contribution in [-0.4, -0.2) is 11.2 Å². The number of rotatable bonds is 7. The Morgan fingerprint density at radius 1 is 0.958 bits per heavy atom. The molecule has 0 bridgehead atoms. The molecule has 24 heavy (non-hydrogen) atoms. The van der Waals surface area contributed by atoms with Gasteiger partial charge in [0.25, 0.3) is 0 Å². The summed E-state index contributed by atoms with van der Waals surface area (Å²) in [5, 5.41) is 1.37. The van der Waals surface area contributed by atoms with Gasteiger partial charge >= 0.3 is 0 Å². The second kappa shape index (κ2) is 7.67. The number of nitrogens with zero attached hydrogens (tertiary/aromatic N) is 1. The number of ether oxygens (including phenoxy) is 1. The molecule has 126 valence electrons. The van der Waals surface area contributed by atoms with E-state index in [2.05, 4.69) is 80.1 Å². The summed E-state index contributed by atoms with van der Waals surface area (Å²) in [7, 11) is 0. The fourth-order valence-electron chi connectivity index (χ4n) is 3.28. The number of benzene rings is 2. The molecule has 0 saturated heterocycles. The van der Waals surface area contributed by atoms with Gasteiger partial charge in [-0.2, -0.15) is 0 Å². The fraction of sp³-hybridized carbons (Fsp3) is 0.364. The van der Waals surface area contributed by atoms with Gasteiger partial charge in [0.2, 0.25) is 0 Å². The van der Waals surface area contributed by atoms with Gasteiger partial charge in [0.15, 0.2) is 0 Å². The molecule has 2 aromatic carbocycles. The van der Waals surface area contributed by atoms with Crippen molar-refractivity contribution in [1.29, 1.82) is 0 Å². The first kappa shape index (κ1) is 16.8. The maximum atomic E-state index is 6.02. The summed E-state index contributed by atoms with van der Waals surface area (Å²) >= 11 is 0. The number of para-hydroxylation sites is 1. The Morgan fingerprint density at radius 3 is 2.38 bits per heavy atom. The smallest absolute Gasteiger partial charge is 0.0717 e. The molecule has 0 saturated carbocycles. The van der Waals surface area contributed by atoms with Crippen LogP contribution >= 0.6 is 0 Å². The molecule has 3 aromatic rings. The lowest BCUT2D eigenvalue weighted by Crippen LogP contribution is -2.14. The molecule has 0 spiro atoms. The van der Waals surface area contributed by atoms with Gasteiger partial charge in [0, 0.05) is 17.1 Å². The van der Waals surface area contributed by atoms with Crippen molar-refractivity contribution >= 4 is 10.9 Å². The summed E-state index contributed by atoms with van der Waals surface area (Å²) in [5.74, 6) is 0.527. The lowest BCUT2D eigenvalue weighted by Gasteiger charge is -2.19. The second-order valence-electron chi connectivity index (χ2n) is 6.73. The molecule has 2 nitrogen and oxygen atoms in total. The van der Waals surface area contributed by atoms with Gasteiger partial charge in [-0.05, 0) is 29.5 Å². The zero-order valence-electron chi connectivity index (χ0n) is 14.9. The number of fused-ring (bicyclic) bond motifs is 1. The highest BCUT2D eigenvalue weighted by molar-refractivity contribution is 5.84. The molecule has 0 aliphatic carbocycles. The van der Waals surface area contributed by atoms with Crippen molar-refractivity contribution < 1.29 is 4.74 Å². The largest absolute Gasteiger partial charge is 0.375 e. The van der Waals surface area contributed by atoms with Crippen molar-refractivity contribution in [2.45, 2.75) is 45.8 Å². The number of hydrogen-bond acceptors (Lipinski definition) is 1. The van der Waals surface area contributed by atoms with E-state index in [1.807, 2.05) is 6.07 Å². The average Bonchev–Trinajstić information content (AvgIpc) is 3.00. The molecule has 2 heteroatoms. The van der Waals surface area contributed by atoms with E-state index < -0.39 is 0 Å². The summed E-state index contributed by atoms with van der Waals surface area (Å²) in [6.45, 7) is 8.17. The minimum absolute atomic E-state index is 0.367. The third-order valence-electron chi connectivity index (χ3n) is 4.68. The Kier molecular flexibility index (Phi) is 5.37. The molecule has 0 N–H and O–H groups in total. The average molecular weight is 321 g/mol. The number of aromatic nitrogens is 1. The monoisotopic (exact) mass is 321 g/mol. The Hall–Kier alpha value is -2.06. The minimum Gasteiger partial charge on any atom is -0.375 e. The van der Waals surface area contributed by atoms with Gasteiger partial charge in [-0.1, -0.05) is 69.3 Å². The molecule has 0 aliphatic rings. The van der Waals surface area contributed by atoms with Crippen molar-refractivity contribution in [3.8, 4) is 0 Å². The highest BCUT2D eigenvalue weighted by Gasteiger charge is 2.16. The quantitative estimate of drug-likeness (QED) is 0.526. The van der Waals surface area contributed by atoms with Crippen molar-refractivity contribution in [2.24, 2.45) is 0 Å². The SMILES string of the molecule is CCC(COCc1ccccc1)n1cc(C(C)C)c2ccccc21. The lowest BCUT2D eigenvalue weighted by atomic mass is 10.0. The molecule has 0 radical (unpaired) electrons. The van der Waals surface area contributed by atoms with E-state index in [1.165, 1.54) is 22.0 Å². The highest BCUT2D eigenvalue weighted by Crippen LogP contribution is 2.30. The maximum absolute atomic E-state index is 6.02. The summed E-state index contributed by atoms with van der Waals surface area (Å²) in [4.78, 5) is 0. The normalized spacial score (nSPS) is 12.8. The molecule has 1 atom stereocenters. The standard InChI is InChI=1S/C22H27NO/c1-4-19(16-24-15-18-10-6-5-7-11-18)23-14-21(17(2)3)20-12-8-9-13-22(20)23/h5-14,17,19H,4,15-16H2,1-3H3.